The molecule has 0 aliphatic rings. The number of hydrogen-bond donors (Lipinski definition) is 0. The summed E-state index contributed by atoms with van der Waals surface area (Å²) in [5.74, 6) is -51.7. The lowest BCUT2D eigenvalue weighted by Crippen LogP contribution is -2.75. The van der Waals surface area contributed by atoms with Crippen molar-refractivity contribution in [2.75, 3.05) is 0 Å². The van der Waals surface area contributed by atoms with E-state index in [0.717, 1.165) is 0 Å². The van der Waals surface area contributed by atoms with E-state index in [2.05, 4.69) is 4.18 Å². The van der Waals surface area contributed by atoms with Gasteiger partial charge in [0.05, 0.1) is 0 Å². The van der Waals surface area contributed by atoms with Crippen molar-refractivity contribution in [3.05, 3.63) is 0 Å². The molecule has 32 heavy (non-hydrogen) atoms. The highest BCUT2D eigenvalue weighted by Gasteiger charge is 2.96. The summed E-state index contributed by atoms with van der Waals surface area (Å²) < 4.78 is 244. The number of nitriles is 1. The van der Waals surface area contributed by atoms with Crippen LogP contribution in [-0.4, -0.2) is 56.2 Å². The van der Waals surface area contributed by atoms with Crippen LogP contribution in [0.5, 0.6) is 0 Å². The second kappa shape index (κ2) is 7.52. The summed E-state index contributed by atoms with van der Waals surface area (Å²) in [4.78, 5) is 0. The first kappa shape index (κ1) is 30.0. The van der Waals surface area contributed by atoms with Crippen molar-refractivity contribution in [2.45, 2.75) is 47.8 Å². The van der Waals surface area contributed by atoms with Gasteiger partial charge in [0.15, 0.2) is 0 Å². The lowest BCUT2D eigenvalue weighted by molar-refractivity contribution is -0.473. The highest BCUT2D eigenvalue weighted by atomic mass is 32.3. The first-order valence-electron chi connectivity index (χ1n) is 6.26. The summed E-state index contributed by atoms with van der Waals surface area (Å²) in [6.45, 7) is 0. The van der Waals surface area contributed by atoms with Gasteiger partial charge in [-0.25, -0.2) is 0 Å². The Morgan fingerprint density at radius 3 is 1.12 bits per heavy atom. The van der Waals surface area contributed by atoms with Crippen LogP contribution >= 0.6 is 0 Å². The normalized spacial score (nSPS) is 17.5. The van der Waals surface area contributed by atoms with Crippen LogP contribution in [0, 0.1) is 11.5 Å². The second-order valence-corrected chi connectivity index (χ2v) is 6.28. The van der Waals surface area contributed by atoms with Gasteiger partial charge in [0, 0.05) is 0 Å². The van der Waals surface area contributed by atoms with Crippen LogP contribution in [0.2, 0.25) is 0 Å². The molecule has 23 heteroatoms. The molecule has 0 aromatic carbocycles. The highest BCUT2D eigenvalue weighted by molar-refractivity contribution is 7.82. The zero-order valence-corrected chi connectivity index (χ0v) is 14.2. The molecule has 190 valence electrons. The lowest BCUT2D eigenvalue weighted by atomic mass is 9.90. The Bertz CT molecular complexity index is 853. The third-order valence-electron chi connectivity index (χ3n) is 3.06. The van der Waals surface area contributed by atoms with Gasteiger partial charge in [-0.05, 0) is 0 Å². The summed E-state index contributed by atoms with van der Waals surface area (Å²) in [5, 5.41) is 7.69. The summed E-state index contributed by atoms with van der Waals surface area (Å²) in [6, 6.07) is 0. The van der Waals surface area contributed by atoms with Crippen LogP contribution < -0.4 is 0 Å². The molecule has 0 amide bonds. The van der Waals surface area contributed by atoms with E-state index in [4.69, 9.17) is 5.26 Å². The average molecular weight is 541 g/mol. The minimum Gasteiger partial charge on any atom is -0.281 e. The minimum absolute atomic E-state index is 0.208. The number of nitrogens with zero attached hydrogens (tertiary/aromatic N) is 1. The number of rotatable bonds is 8. The van der Waals surface area contributed by atoms with Crippen molar-refractivity contribution in [3.8, 4) is 6.26 Å². The fourth-order valence-electron chi connectivity index (χ4n) is 1.45. The van der Waals surface area contributed by atoms with E-state index in [0.29, 0.717) is 0 Å². The zero-order chi connectivity index (χ0) is 26.6. The van der Waals surface area contributed by atoms with Crippen LogP contribution in [0.25, 0.3) is 0 Å². The van der Waals surface area contributed by atoms with E-state index >= 15 is 0 Å². The van der Waals surface area contributed by atoms with Crippen LogP contribution in [0.3, 0.4) is 0 Å². The van der Waals surface area contributed by atoms with Crippen LogP contribution in [-0.2, 0) is 18.8 Å². The molecule has 0 spiro atoms. The molecule has 1 atom stereocenters. The summed E-state index contributed by atoms with van der Waals surface area (Å²) in [6.07, 6.45) is -16.1. The third kappa shape index (κ3) is 4.05. The molecule has 0 heterocycles. The maximum Gasteiger partial charge on any atom is 0.462 e. The van der Waals surface area contributed by atoms with E-state index < -0.39 is 58.2 Å². The Morgan fingerprint density at radius 1 is 0.531 bits per heavy atom. The van der Waals surface area contributed by atoms with E-state index in [-0.39, 0.29) is 6.26 Å². The number of hydrogen-bond acceptors (Lipinski definition) is 5. The third-order valence-corrected chi connectivity index (χ3v) is 3.77. The van der Waals surface area contributed by atoms with Crippen LogP contribution in [0.1, 0.15) is 0 Å². The number of alkyl halides is 17. The predicted octanol–water partition coefficient (Wildman–Crippen LogP) is 4.71. The molecule has 5 nitrogen and oxygen atoms in total. The summed E-state index contributed by atoms with van der Waals surface area (Å²) in [7, 11) is -7.18. The van der Waals surface area contributed by atoms with Gasteiger partial charge in [0.1, 0.15) is 0 Å². The monoisotopic (exact) mass is 541 g/mol. The smallest absolute Gasteiger partial charge is 0.281 e. The molecule has 0 N–H and O–H groups in total. The lowest BCUT2D eigenvalue weighted by Gasteiger charge is -2.42. The Morgan fingerprint density at radius 2 is 0.844 bits per heavy atom. The molecule has 0 rings (SSSR count). The summed E-state index contributed by atoms with van der Waals surface area (Å²) >= 11 is 0. The van der Waals surface area contributed by atoms with E-state index in [1.165, 1.54) is 0 Å². The highest BCUT2D eigenvalue weighted by Crippen LogP contribution is 2.64. The molecule has 1 unspecified atom stereocenters. The molecule has 0 aliphatic carbocycles. The maximum atomic E-state index is 13.7. The van der Waals surface area contributed by atoms with Crippen molar-refractivity contribution < 1.29 is 91.4 Å². The molecule has 0 aliphatic heterocycles. The van der Waals surface area contributed by atoms with Gasteiger partial charge in [-0.15, -0.1) is 5.26 Å². The van der Waals surface area contributed by atoms with Gasteiger partial charge in [-0.1, -0.05) is 0 Å². The van der Waals surface area contributed by atoms with E-state index in [9.17, 15) is 83.1 Å². The molecule has 0 saturated heterocycles. The predicted molar refractivity (Wildman–Crippen MR) is 57.4 cm³/mol. The minimum atomic E-state index is -8.91. The van der Waals surface area contributed by atoms with Gasteiger partial charge in [-0.3, -0.25) is 4.18 Å². The Hall–Kier alpha value is -1.99. The molecule has 0 fully saturated rings. The largest absolute Gasteiger partial charge is 0.462 e. The molecular formula is C9F17NO4S. The van der Waals surface area contributed by atoms with Gasteiger partial charge >= 0.3 is 64.5 Å². The van der Waals surface area contributed by atoms with Gasteiger partial charge in [0.2, 0.25) is 0 Å². The van der Waals surface area contributed by atoms with Crippen molar-refractivity contribution in [2.24, 2.45) is 0 Å². The zero-order valence-electron chi connectivity index (χ0n) is 13.4. The first-order chi connectivity index (χ1) is 13.5. The Kier molecular flexibility index (Phi) is 7.05. The standard InChI is InChI=1S/C9F17NO4S/c10-2(11,4(14,15)6(18,19)8(21,22)23)3(12,13)5(16,17)7(20,9(24,25)26)31-32(28,29)30-1-27. The van der Waals surface area contributed by atoms with Crippen molar-refractivity contribution in [1.29, 1.82) is 5.26 Å². The fraction of sp³-hybridized carbons (Fsp3) is 0.889. The number of halogens is 17. The molecule has 0 aromatic rings. The molecule has 0 bridgehead atoms. The van der Waals surface area contributed by atoms with Crippen LogP contribution in [0.4, 0.5) is 74.6 Å². The Labute approximate surface area is 162 Å². The fourth-order valence-corrected chi connectivity index (χ4v) is 2.06. The maximum absolute atomic E-state index is 13.7. The molecule has 0 radical (unpaired) electrons. The summed E-state index contributed by atoms with van der Waals surface area (Å²) in [5.41, 5.74) is 0. The van der Waals surface area contributed by atoms with E-state index in [1.807, 2.05) is 0 Å². The van der Waals surface area contributed by atoms with E-state index in [1.54, 1.807) is 4.18 Å². The molecule has 0 aromatic heterocycles. The van der Waals surface area contributed by atoms with Gasteiger partial charge in [0.25, 0.3) is 0 Å². The SMILES string of the molecule is N#COS(=O)(=O)OC(F)(C(F)(F)F)C(F)(F)C(F)(F)C(F)(F)C(F)(F)C(F)(F)C(F)(F)F. The molecule has 0 saturated carbocycles. The van der Waals surface area contributed by atoms with Crippen molar-refractivity contribution >= 4 is 10.4 Å². The van der Waals surface area contributed by atoms with Crippen LogP contribution in [0.15, 0.2) is 0 Å². The molecular weight excluding hydrogens is 541 g/mol. The Balaban J connectivity index is 7.08. The topological polar surface area (TPSA) is 76.4 Å². The second-order valence-electron chi connectivity index (χ2n) is 5.13. The van der Waals surface area contributed by atoms with Crippen molar-refractivity contribution in [3.63, 3.8) is 0 Å². The quantitative estimate of drug-likeness (QED) is 0.329. The average Bonchev–Trinajstić information content (AvgIpc) is 2.50. The first-order valence-corrected chi connectivity index (χ1v) is 7.59. The van der Waals surface area contributed by atoms with Gasteiger partial charge in [-0.2, -0.15) is 87.2 Å². The van der Waals surface area contributed by atoms with Crippen molar-refractivity contribution in [1.82, 2.24) is 0 Å². The van der Waals surface area contributed by atoms with Gasteiger partial charge < -0.3 is 0 Å².